The van der Waals surface area contributed by atoms with Crippen molar-refractivity contribution in [2.75, 3.05) is 38.7 Å². The lowest BCUT2D eigenvalue weighted by molar-refractivity contribution is 0.0342. The highest BCUT2D eigenvalue weighted by Crippen LogP contribution is 2.31. The molecule has 0 bridgehead atoms. The van der Waals surface area contributed by atoms with E-state index in [-0.39, 0.29) is 6.04 Å². The second-order valence-corrected chi connectivity index (χ2v) is 8.15. The van der Waals surface area contributed by atoms with Crippen LogP contribution >= 0.6 is 11.6 Å². The third kappa shape index (κ3) is 5.15. The summed E-state index contributed by atoms with van der Waals surface area (Å²) >= 11 is 6.37. The van der Waals surface area contributed by atoms with Gasteiger partial charge in [-0.2, -0.15) is 5.10 Å². The highest BCUT2D eigenvalue weighted by molar-refractivity contribution is 6.32. The number of ether oxygens (including phenoxy) is 2. The smallest absolute Gasteiger partial charge is 0.227 e. The summed E-state index contributed by atoms with van der Waals surface area (Å²) in [7, 11) is 1.66. The van der Waals surface area contributed by atoms with Gasteiger partial charge >= 0.3 is 0 Å². The number of nitrogens with zero attached hydrogens (tertiary/aromatic N) is 5. The van der Waals surface area contributed by atoms with Crippen molar-refractivity contribution in [3.63, 3.8) is 0 Å². The Morgan fingerprint density at radius 2 is 2.03 bits per heavy atom. The Labute approximate surface area is 187 Å². The normalized spacial score (nSPS) is 14.7. The summed E-state index contributed by atoms with van der Waals surface area (Å²) in [5.74, 6) is 1.18. The summed E-state index contributed by atoms with van der Waals surface area (Å²) in [6.07, 6.45) is 5.29. The van der Waals surface area contributed by atoms with Crippen LogP contribution in [0.5, 0.6) is 5.75 Å². The van der Waals surface area contributed by atoms with E-state index < -0.39 is 0 Å². The molecule has 3 aromatic rings. The van der Waals surface area contributed by atoms with Gasteiger partial charge in [-0.3, -0.25) is 9.58 Å². The lowest BCUT2D eigenvalue weighted by Gasteiger charge is -2.26. The zero-order chi connectivity index (χ0) is 21.8. The Bertz CT molecular complexity index is 1030. The first-order chi connectivity index (χ1) is 15.0. The van der Waals surface area contributed by atoms with Crippen molar-refractivity contribution >= 4 is 23.2 Å². The van der Waals surface area contributed by atoms with Crippen molar-refractivity contribution < 1.29 is 9.47 Å². The lowest BCUT2D eigenvalue weighted by Crippen LogP contribution is -2.35. The lowest BCUT2D eigenvalue weighted by atomic mass is 10.1. The molecule has 4 rings (SSSR count). The fraction of sp³-hybridized carbons (Fsp3) is 0.409. The van der Waals surface area contributed by atoms with E-state index in [1.54, 1.807) is 19.5 Å². The van der Waals surface area contributed by atoms with Gasteiger partial charge in [0, 0.05) is 37.4 Å². The molecule has 1 aliphatic rings. The van der Waals surface area contributed by atoms with E-state index in [0.717, 1.165) is 49.8 Å². The maximum Gasteiger partial charge on any atom is 0.227 e. The summed E-state index contributed by atoms with van der Waals surface area (Å²) in [6.45, 7) is 8.45. The monoisotopic (exact) mass is 442 g/mol. The van der Waals surface area contributed by atoms with Crippen LogP contribution in [0.15, 0.2) is 36.8 Å². The average molecular weight is 443 g/mol. The number of nitrogens with one attached hydrogen (secondary N) is 1. The molecule has 31 heavy (non-hydrogen) atoms. The molecule has 0 spiro atoms. The van der Waals surface area contributed by atoms with E-state index in [9.17, 15) is 0 Å². The van der Waals surface area contributed by atoms with Crippen molar-refractivity contribution in [2.24, 2.45) is 0 Å². The molecule has 2 aromatic heterocycles. The van der Waals surface area contributed by atoms with Gasteiger partial charge in [0.25, 0.3) is 0 Å². The minimum atomic E-state index is 0.257. The van der Waals surface area contributed by atoms with Crippen LogP contribution in [0.25, 0.3) is 11.3 Å². The molecule has 0 unspecified atom stereocenters. The van der Waals surface area contributed by atoms with Gasteiger partial charge in [0.05, 0.1) is 49.1 Å². The predicted octanol–water partition coefficient (Wildman–Crippen LogP) is 4.16. The van der Waals surface area contributed by atoms with E-state index in [1.807, 2.05) is 23.0 Å². The minimum Gasteiger partial charge on any atom is -0.495 e. The van der Waals surface area contributed by atoms with E-state index in [0.29, 0.717) is 16.7 Å². The third-order valence-electron chi connectivity index (χ3n) is 5.17. The van der Waals surface area contributed by atoms with Crippen LogP contribution in [-0.4, -0.2) is 58.1 Å². The molecule has 1 aromatic carbocycles. The Kier molecular flexibility index (Phi) is 6.70. The van der Waals surface area contributed by atoms with Crippen LogP contribution in [0.3, 0.4) is 0 Å². The molecule has 1 saturated heterocycles. The predicted molar refractivity (Wildman–Crippen MR) is 121 cm³/mol. The molecule has 1 fully saturated rings. The second-order valence-electron chi connectivity index (χ2n) is 7.74. The van der Waals surface area contributed by atoms with Crippen molar-refractivity contribution in [2.45, 2.75) is 26.4 Å². The van der Waals surface area contributed by atoms with E-state index in [2.05, 4.69) is 45.2 Å². The summed E-state index contributed by atoms with van der Waals surface area (Å²) in [5.41, 5.74) is 3.45. The molecular weight excluding hydrogens is 416 g/mol. The Morgan fingerprint density at radius 3 is 2.74 bits per heavy atom. The fourth-order valence-corrected chi connectivity index (χ4v) is 3.65. The molecule has 0 amide bonds. The van der Waals surface area contributed by atoms with Crippen molar-refractivity contribution in [3.8, 4) is 17.0 Å². The van der Waals surface area contributed by atoms with E-state index >= 15 is 0 Å². The molecule has 164 valence electrons. The number of hydrogen-bond donors (Lipinski definition) is 1. The van der Waals surface area contributed by atoms with Crippen LogP contribution in [0.2, 0.25) is 5.02 Å². The minimum absolute atomic E-state index is 0.257. The highest BCUT2D eigenvalue weighted by atomic mass is 35.5. The first-order valence-corrected chi connectivity index (χ1v) is 10.7. The van der Waals surface area contributed by atoms with Gasteiger partial charge in [-0.15, -0.1) is 0 Å². The Morgan fingerprint density at radius 1 is 1.23 bits per heavy atom. The number of anilines is 2. The first-order valence-electron chi connectivity index (χ1n) is 10.3. The maximum atomic E-state index is 6.37. The average Bonchev–Trinajstić information content (AvgIpc) is 3.27. The molecule has 1 aliphatic heterocycles. The third-order valence-corrected chi connectivity index (χ3v) is 5.45. The molecule has 8 nitrogen and oxygen atoms in total. The Hall–Kier alpha value is -2.68. The van der Waals surface area contributed by atoms with Crippen molar-refractivity contribution in [1.29, 1.82) is 0 Å². The summed E-state index contributed by atoms with van der Waals surface area (Å²) in [6, 6.07) is 6.38. The number of aromatic nitrogens is 4. The number of benzene rings is 1. The molecule has 3 heterocycles. The van der Waals surface area contributed by atoms with E-state index in [4.69, 9.17) is 21.1 Å². The number of rotatable bonds is 7. The zero-order valence-electron chi connectivity index (χ0n) is 18.0. The zero-order valence-corrected chi connectivity index (χ0v) is 18.8. The van der Waals surface area contributed by atoms with Gasteiger partial charge in [0.1, 0.15) is 5.75 Å². The standard InChI is InChI=1S/C22H27ClN6O2/c1-15(2)29-14-17(11-25-29)21-18(23)12-24-22(27-21)26-19-5-4-16(10-20(19)30-3)13-28-6-8-31-9-7-28/h4-5,10-12,14-15H,6-9,13H2,1-3H3,(H,24,26,27). The first kappa shape index (κ1) is 21.5. The summed E-state index contributed by atoms with van der Waals surface area (Å²) in [5, 5.41) is 8.11. The van der Waals surface area contributed by atoms with Crippen LogP contribution in [0.4, 0.5) is 11.6 Å². The quantitative estimate of drug-likeness (QED) is 0.588. The molecule has 0 atom stereocenters. The van der Waals surface area contributed by atoms with E-state index in [1.165, 1.54) is 5.56 Å². The number of methoxy groups -OCH3 is 1. The molecule has 0 saturated carbocycles. The molecule has 0 radical (unpaired) electrons. The highest BCUT2D eigenvalue weighted by Gasteiger charge is 2.15. The van der Waals surface area contributed by atoms with Gasteiger partial charge in [-0.1, -0.05) is 17.7 Å². The van der Waals surface area contributed by atoms with Gasteiger partial charge in [0.2, 0.25) is 5.95 Å². The largest absolute Gasteiger partial charge is 0.495 e. The van der Waals surface area contributed by atoms with Gasteiger partial charge in [-0.05, 0) is 31.5 Å². The maximum absolute atomic E-state index is 6.37. The number of morpholine rings is 1. The van der Waals surface area contributed by atoms with Crippen LogP contribution < -0.4 is 10.1 Å². The van der Waals surface area contributed by atoms with Crippen molar-refractivity contribution in [3.05, 3.63) is 47.4 Å². The number of hydrogen-bond acceptors (Lipinski definition) is 7. The van der Waals surface area contributed by atoms with Crippen molar-refractivity contribution in [1.82, 2.24) is 24.6 Å². The van der Waals surface area contributed by atoms with Gasteiger partial charge in [-0.25, -0.2) is 9.97 Å². The van der Waals surface area contributed by atoms with Crippen LogP contribution in [-0.2, 0) is 11.3 Å². The number of halogens is 1. The van der Waals surface area contributed by atoms with Crippen LogP contribution in [0.1, 0.15) is 25.5 Å². The fourth-order valence-electron chi connectivity index (χ4n) is 3.45. The van der Waals surface area contributed by atoms with Gasteiger partial charge in [0.15, 0.2) is 0 Å². The Balaban J connectivity index is 1.54. The van der Waals surface area contributed by atoms with Crippen LogP contribution in [0, 0.1) is 0 Å². The molecule has 0 aliphatic carbocycles. The SMILES string of the molecule is COc1cc(CN2CCOCC2)ccc1Nc1ncc(Cl)c(-c2cnn(C(C)C)c2)n1. The van der Waals surface area contributed by atoms with Gasteiger partial charge < -0.3 is 14.8 Å². The molecule has 1 N–H and O–H groups in total. The second kappa shape index (κ2) is 9.64. The molecular formula is C22H27ClN6O2. The molecule has 9 heteroatoms. The summed E-state index contributed by atoms with van der Waals surface area (Å²) < 4.78 is 12.9. The topological polar surface area (TPSA) is 77.3 Å². The summed E-state index contributed by atoms with van der Waals surface area (Å²) in [4.78, 5) is 11.3.